The summed E-state index contributed by atoms with van der Waals surface area (Å²) < 4.78 is 82.6. The normalized spacial score (nSPS) is 19.1. The monoisotopic (exact) mass is 931 g/mol. The van der Waals surface area contributed by atoms with Crippen LogP contribution < -0.4 is 11.1 Å². The van der Waals surface area contributed by atoms with Crippen molar-refractivity contribution in [3.05, 3.63) is 150 Å². The molecule has 2 aliphatic rings. The number of fused-ring (bicyclic) bond motifs is 2. The van der Waals surface area contributed by atoms with Crippen molar-refractivity contribution in [1.82, 2.24) is 69.4 Å². The molecular formula is C44H33F6N16O2+. The van der Waals surface area contributed by atoms with Crippen LogP contribution in [-0.4, -0.2) is 69.4 Å². The summed E-state index contributed by atoms with van der Waals surface area (Å²) in [5.41, 5.74) is -2.66. The number of aromatic amines is 2. The molecule has 0 saturated heterocycles. The molecule has 8 aromatic heterocycles. The highest BCUT2D eigenvalue weighted by molar-refractivity contribution is 5.81. The zero-order valence-corrected chi connectivity index (χ0v) is 35.5. The van der Waals surface area contributed by atoms with E-state index in [1.165, 1.54) is 33.8 Å². The van der Waals surface area contributed by atoms with Crippen molar-refractivity contribution in [1.29, 1.82) is 5.26 Å². The van der Waals surface area contributed by atoms with E-state index in [1.807, 2.05) is 6.07 Å². The first-order valence-corrected chi connectivity index (χ1v) is 21.1. The number of nitrogens with zero attached hydrogens (tertiary/aromatic N) is 14. The van der Waals surface area contributed by atoms with E-state index in [2.05, 4.69) is 61.0 Å². The number of hydrogen-bond acceptors (Lipinski definition) is 13. The minimum absolute atomic E-state index is 0.0185. The van der Waals surface area contributed by atoms with Crippen molar-refractivity contribution in [3.63, 3.8) is 0 Å². The maximum atomic E-state index is 14.0. The van der Waals surface area contributed by atoms with Crippen LogP contribution in [0.25, 0.3) is 26.9 Å². The van der Waals surface area contributed by atoms with Crippen molar-refractivity contribution in [3.8, 4) is 12.1 Å². The standard InChI is InChI=1S/C44H32F6N16O2/c1-20(22-4-10-30(55-17-22)43(45,46)47)65-39-33(28(16-51)63-65)41(67)61-38(59-39)27-9-7-25(27)36-54-15-12-32(58-36)57-19-29-34-40(66(64-29)21(2)23-5-11-31(56-18-23)44(48,49)50)60-37(62-42(34)68)26-8-6-24(26)35-52-13-3-14-53-35/h3-5,10-15,17-18,20-21,24-27H,6-9H2,1-2H3,(H-,59,60,61,62,63,64,67,68)/p+1/t20-,21-,24-,25+,26-,27+/m1/s1. The Labute approximate surface area is 378 Å². The summed E-state index contributed by atoms with van der Waals surface area (Å²) in [6.07, 6.45) is 0.229. The maximum absolute atomic E-state index is 14.0. The van der Waals surface area contributed by atoms with Gasteiger partial charge in [-0.3, -0.25) is 19.6 Å². The van der Waals surface area contributed by atoms with Gasteiger partial charge in [0.25, 0.3) is 11.1 Å². The van der Waals surface area contributed by atoms with Crippen molar-refractivity contribution in [2.75, 3.05) is 0 Å². The number of H-pyrrole nitrogens is 2. The molecule has 24 heteroatoms. The largest absolute Gasteiger partial charge is 0.433 e. The van der Waals surface area contributed by atoms with Gasteiger partial charge in [-0.1, -0.05) is 12.1 Å². The second kappa shape index (κ2) is 16.6. The first-order valence-electron chi connectivity index (χ1n) is 21.1. The van der Waals surface area contributed by atoms with Crippen molar-refractivity contribution < 1.29 is 26.3 Å². The van der Waals surface area contributed by atoms with E-state index in [-0.39, 0.29) is 62.9 Å². The van der Waals surface area contributed by atoms with Crippen LogP contribution in [0.2, 0.25) is 0 Å². The molecule has 8 aromatic rings. The fourth-order valence-corrected chi connectivity index (χ4v) is 8.59. The fraction of sp³-hybridized carbons (Fsp3) is 0.318. The van der Waals surface area contributed by atoms with E-state index >= 15 is 0 Å². The molecule has 2 saturated carbocycles. The quantitative estimate of drug-likeness (QED) is 0.142. The first-order chi connectivity index (χ1) is 32.6. The number of hydrogen-bond donors (Lipinski definition) is 2. The van der Waals surface area contributed by atoms with Gasteiger partial charge in [0.05, 0.1) is 24.1 Å². The Kier molecular flexibility index (Phi) is 10.6. The molecule has 342 valence electrons. The summed E-state index contributed by atoms with van der Waals surface area (Å²) in [5, 5.41) is 18.7. The molecule has 6 atom stereocenters. The summed E-state index contributed by atoms with van der Waals surface area (Å²) in [6.45, 7) is 3.31. The van der Waals surface area contributed by atoms with Crippen LogP contribution in [-0.2, 0) is 12.4 Å². The third kappa shape index (κ3) is 7.76. The van der Waals surface area contributed by atoms with E-state index < -0.39 is 52.9 Å². The molecule has 2 N–H and O–H groups in total. The number of halogens is 6. The molecule has 2 fully saturated rings. The van der Waals surface area contributed by atoms with Crippen LogP contribution in [0.1, 0.15) is 132 Å². The van der Waals surface area contributed by atoms with Crippen LogP contribution in [0.3, 0.4) is 0 Å². The molecule has 0 unspecified atom stereocenters. The minimum Gasteiger partial charge on any atom is -0.310 e. The Morgan fingerprint density at radius 3 is 1.60 bits per heavy atom. The molecule has 18 nitrogen and oxygen atoms in total. The summed E-state index contributed by atoms with van der Waals surface area (Å²) in [4.78, 5) is 72.3. The van der Waals surface area contributed by atoms with Gasteiger partial charge in [0.15, 0.2) is 17.0 Å². The molecule has 0 spiro atoms. The van der Waals surface area contributed by atoms with Crippen LogP contribution in [0.15, 0.2) is 77.0 Å². The van der Waals surface area contributed by atoms with Gasteiger partial charge < -0.3 is 9.97 Å². The van der Waals surface area contributed by atoms with Gasteiger partial charge in [-0.05, 0) is 73.8 Å². The van der Waals surface area contributed by atoms with Crippen molar-refractivity contribution >= 4 is 27.9 Å². The van der Waals surface area contributed by atoms with Crippen LogP contribution in [0.4, 0.5) is 32.2 Å². The average molecular weight is 932 g/mol. The molecule has 0 bridgehead atoms. The number of aromatic nitrogens is 14. The second-order valence-electron chi connectivity index (χ2n) is 16.5. The van der Waals surface area contributed by atoms with Gasteiger partial charge in [-0.2, -0.15) is 41.8 Å². The summed E-state index contributed by atoms with van der Waals surface area (Å²) >= 11 is 0. The lowest BCUT2D eigenvalue weighted by Gasteiger charge is -2.34. The van der Waals surface area contributed by atoms with Gasteiger partial charge >= 0.3 is 18.2 Å². The van der Waals surface area contributed by atoms with Gasteiger partial charge in [-0.15, -0.1) is 4.85 Å². The Balaban J connectivity index is 0.974. The lowest BCUT2D eigenvalue weighted by molar-refractivity contribution is -0.142. The van der Waals surface area contributed by atoms with Crippen molar-refractivity contribution in [2.45, 2.75) is 87.6 Å². The Morgan fingerprint density at radius 1 is 0.647 bits per heavy atom. The molecule has 10 rings (SSSR count). The third-order valence-electron chi connectivity index (χ3n) is 12.6. The number of alkyl halides is 6. The SMILES string of the molecule is C[C@H](c1ccc(C(F)(F)F)nc1)n1nc(C#N)c2c(=O)[nH]c([C@H]3CC[C@@H]3c3nccc([N+]#Cc4nn([C@H](C)c5ccc(C(F)(F)F)nc5)c5nc([C@@H]6CC[C@H]6c6ncccn6)[nH]c(=O)c45)n3)nc21. The van der Waals surface area contributed by atoms with Gasteiger partial charge in [0.2, 0.25) is 17.6 Å². The van der Waals surface area contributed by atoms with Crippen LogP contribution >= 0.6 is 0 Å². The van der Waals surface area contributed by atoms with Gasteiger partial charge in [-0.25, -0.2) is 34.3 Å². The summed E-state index contributed by atoms with van der Waals surface area (Å²) in [5.74, 6) is 0.622. The Bertz CT molecular complexity index is 3480. The Morgan fingerprint density at radius 2 is 1.13 bits per heavy atom. The predicted octanol–water partition coefficient (Wildman–Crippen LogP) is 7.39. The highest BCUT2D eigenvalue weighted by Gasteiger charge is 2.42. The first kappa shape index (κ1) is 43.6. The number of nitriles is 1. The van der Waals surface area contributed by atoms with Crippen molar-refractivity contribution in [2.24, 2.45) is 0 Å². The molecule has 0 radical (unpaired) electrons. The zero-order valence-electron chi connectivity index (χ0n) is 35.5. The highest BCUT2D eigenvalue weighted by Crippen LogP contribution is 2.48. The van der Waals surface area contributed by atoms with E-state index in [0.717, 1.165) is 30.9 Å². The summed E-state index contributed by atoms with van der Waals surface area (Å²) in [6, 6.07) is 10.7. The molecule has 8 heterocycles. The van der Waals surface area contributed by atoms with Gasteiger partial charge in [0.1, 0.15) is 45.7 Å². The number of rotatable bonds is 8. The second-order valence-corrected chi connectivity index (χ2v) is 16.5. The molecule has 0 aliphatic heterocycles. The van der Waals surface area contributed by atoms with E-state index in [1.54, 1.807) is 32.3 Å². The highest BCUT2D eigenvalue weighted by atomic mass is 19.4. The topological polar surface area (TPSA) is 233 Å². The minimum atomic E-state index is -4.65. The zero-order chi connectivity index (χ0) is 47.6. The van der Waals surface area contributed by atoms with E-state index in [4.69, 9.17) is 9.97 Å². The summed E-state index contributed by atoms with van der Waals surface area (Å²) in [7, 11) is 0. The van der Waals surface area contributed by atoms with E-state index in [0.29, 0.717) is 47.9 Å². The lowest BCUT2D eigenvalue weighted by Crippen LogP contribution is -2.28. The lowest BCUT2D eigenvalue weighted by atomic mass is 9.72. The van der Waals surface area contributed by atoms with Crippen LogP contribution in [0.5, 0.6) is 0 Å². The van der Waals surface area contributed by atoms with Crippen LogP contribution in [0, 0.1) is 17.4 Å². The van der Waals surface area contributed by atoms with Gasteiger partial charge in [0, 0.05) is 48.7 Å². The smallest absolute Gasteiger partial charge is 0.310 e. The molecule has 2 aliphatic carbocycles. The van der Waals surface area contributed by atoms with E-state index in [9.17, 15) is 41.2 Å². The molecule has 0 aromatic carbocycles. The Hall–Kier alpha value is -8.28. The molecular weight excluding hydrogens is 899 g/mol. The predicted molar refractivity (Wildman–Crippen MR) is 227 cm³/mol. The number of nitrogens with one attached hydrogen (secondary N) is 2. The third-order valence-corrected chi connectivity index (χ3v) is 12.6. The molecule has 68 heavy (non-hydrogen) atoms. The fourth-order valence-electron chi connectivity index (χ4n) is 8.59. The maximum Gasteiger partial charge on any atom is 0.433 e. The number of pyridine rings is 2. The molecule has 0 amide bonds. The average Bonchev–Trinajstić information content (AvgIpc) is 3.86.